The second-order valence-corrected chi connectivity index (χ2v) is 9.00. The molecule has 1 fully saturated rings. The third kappa shape index (κ3) is 2.84. The number of aromatic nitrogens is 4. The van der Waals surface area contributed by atoms with Crippen molar-refractivity contribution in [3.05, 3.63) is 64.4 Å². The van der Waals surface area contributed by atoms with E-state index >= 15 is 0 Å². The molecule has 7 nitrogen and oxygen atoms in total. The van der Waals surface area contributed by atoms with E-state index in [9.17, 15) is 10.4 Å². The van der Waals surface area contributed by atoms with Crippen LogP contribution in [0, 0.1) is 23.2 Å². The summed E-state index contributed by atoms with van der Waals surface area (Å²) in [6.07, 6.45) is 4.67. The summed E-state index contributed by atoms with van der Waals surface area (Å²) in [6.45, 7) is 0. The topological polar surface area (TPSA) is 114 Å². The molecule has 158 valence electrons. The fourth-order valence-corrected chi connectivity index (χ4v) is 5.29. The van der Waals surface area contributed by atoms with E-state index in [1.54, 1.807) is 6.07 Å². The van der Waals surface area contributed by atoms with Crippen LogP contribution in [-0.2, 0) is 12.8 Å². The molecule has 8 heteroatoms. The molecule has 32 heavy (non-hydrogen) atoms. The van der Waals surface area contributed by atoms with Crippen molar-refractivity contribution in [1.29, 1.82) is 5.26 Å². The predicted molar refractivity (Wildman–Crippen MR) is 121 cm³/mol. The SMILES string of the molecule is N#Cc1cc(-c2nn(C3CC3C3Cc4ccccc4C3)c3ncnc(N)c23)cc(O)c1Cl. The molecule has 0 aliphatic heterocycles. The Labute approximate surface area is 189 Å². The Hall–Kier alpha value is -3.63. The zero-order valence-electron chi connectivity index (χ0n) is 17.0. The number of hydrogen-bond acceptors (Lipinski definition) is 6. The normalized spacial score (nSPS) is 19.8. The van der Waals surface area contributed by atoms with E-state index in [-0.39, 0.29) is 22.4 Å². The van der Waals surface area contributed by atoms with Crippen LogP contribution in [0.4, 0.5) is 5.82 Å². The van der Waals surface area contributed by atoms with Crippen molar-refractivity contribution in [2.45, 2.75) is 25.3 Å². The molecule has 2 atom stereocenters. The third-order valence-electron chi connectivity index (χ3n) is 6.77. The molecule has 2 unspecified atom stereocenters. The number of nitrogens with zero attached hydrogens (tertiary/aromatic N) is 5. The molecule has 0 spiro atoms. The minimum Gasteiger partial charge on any atom is -0.506 e. The van der Waals surface area contributed by atoms with E-state index in [0.29, 0.717) is 39.9 Å². The van der Waals surface area contributed by atoms with Gasteiger partial charge in [-0.3, -0.25) is 0 Å². The second-order valence-electron chi connectivity index (χ2n) is 8.62. The number of anilines is 1. The zero-order valence-corrected chi connectivity index (χ0v) is 17.8. The Morgan fingerprint density at radius 1 is 1.16 bits per heavy atom. The van der Waals surface area contributed by atoms with Gasteiger partial charge in [0, 0.05) is 5.56 Å². The minimum atomic E-state index is -0.174. The van der Waals surface area contributed by atoms with Gasteiger partial charge in [0.25, 0.3) is 0 Å². The maximum absolute atomic E-state index is 10.2. The van der Waals surface area contributed by atoms with Crippen LogP contribution >= 0.6 is 11.6 Å². The number of phenols is 1. The lowest BCUT2D eigenvalue weighted by Gasteiger charge is -2.09. The van der Waals surface area contributed by atoms with Gasteiger partial charge in [0.1, 0.15) is 34.7 Å². The van der Waals surface area contributed by atoms with Crippen LogP contribution in [0.25, 0.3) is 22.3 Å². The first-order chi connectivity index (χ1) is 15.5. The largest absolute Gasteiger partial charge is 0.506 e. The monoisotopic (exact) mass is 442 g/mol. The molecule has 2 aliphatic rings. The number of nitrogen functional groups attached to an aromatic ring is 1. The lowest BCUT2D eigenvalue weighted by molar-refractivity contribution is 0.444. The molecule has 3 N–H and O–H groups in total. The number of fused-ring (bicyclic) bond motifs is 2. The Morgan fingerprint density at radius 2 is 1.91 bits per heavy atom. The summed E-state index contributed by atoms with van der Waals surface area (Å²) in [7, 11) is 0. The molecule has 1 saturated carbocycles. The van der Waals surface area contributed by atoms with Crippen LogP contribution in [0.5, 0.6) is 5.75 Å². The van der Waals surface area contributed by atoms with Crippen molar-refractivity contribution in [1.82, 2.24) is 19.7 Å². The van der Waals surface area contributed by atoms with E-state index in [4.69, 9.17) is 22.4 Å². The van der Waals surface area contributed by atoms with Crippen molar-refractivity contribution in [3.63, 3.8) is 0 Å². The second kappa shape index (κ2) is 6.94. The molecule has 0 radical (unpaired) electrons. The van der Waals surface area contributed by atoms with Crippen LogP contribution in [0.3, 0.4) is 0 Å². The van der Waals surface area contributed by atoms with Crippen molar-refractivity contribution in [2.75, 3.05) is 5.73 Å². The number of nitriles is 1. The first kappa shape index (κ1) is 19.1. The molecule has 0 saturated heterocycles. The lowest BCUT2D eigenvalue weighted by atomic mass is 10.0. The summed E-state index contributed by atoms with van der Waals surface area (Å²) < 4.78 is 1.95. The molecule has 0 amide bonds. The minimum absolute atomic E-state index is 0.0206. The summed E-state index contributed by atoms with van der Waals surface area (Å²) in [5.74, 6) is 1.24. The van der Waals surface area contributed by atoms with Gasteiger partial charge in [-0.05, 0) is 54.4 Å². The molecule has 2 heterocycles. The first-order valence-corrected chi connectivity index (χ1v) is 10.9. The first-order valence-electron chi connectivity index (χ1n) is 10.5. The van der Waals surface area contributed by atoms with Crippen LogP contribution < -0.4 is 5.73 Å². The van der Waals surface area contributed by atoms with Crippen molar-refractivity contribution in [2.24, 2.45) is 11.8 Å². The van der Waals surface area contributed by atoms with Gasteiger partial charge in [0.05, 0.1) is 17.0 Å². The average Bonchev–Trinajstić information content (AvgIpc) is 3.30. The van der Waals surface area contributed by atoms with Gasteiger partial charge in [-0.15, -0.1) is 0 Å². The Kier molecular flexibility index (Phi) is 4.14. The van der Waals surface area contributed by atoms with E-state index in [0.717, 1.165) is 19.3 Å². The van der Waals surface area contributed by atoms with Gasteiger partial charge in [-0.2, -0.15) is 10.4 Å². The van der Waals surface area contributed by atoms with Crippen LogP contribution in [0.1, 0.15) is 29.2 Å². The fourth-order valence-electron chi connectivity index (χ4n) is 5.14. The number of halogens is 1. The van der Waals surface area contributed by atoms with Crippen LogP contribution in [0.2, 0.25) is 5.02 Å². The number of nitrogens with two attached hydrogens (primary N) is 1. The molecule has 2 aromatic carbocycles. The van der Waals surface area contributed by atoms with Gasteiger partial charge in [0.15, 0.2) is 5.65 Å². The highest BCUT2D eigenvalue weighted by Crippen LogP contribution is 2.53. The van der Waals surface area contributed by atoms with Crippen molar-refractivity contribution < 1.29 is 5.11 Å². The number of benzene rings is 2. The number of aromatic hydroxyl groups is 1. The smallest absolute Gasteiger partial charge is 0.164 e. The summed E-state index contributed by atoms with van der Waals surface area (Å²) in [5, 5.41) is 25.1. The quantitative estimate of drug-likeness (QED) is 0.489. The fraction of sp³-hybridized carbons (Fsp3) is 0.250. The van der Waals surface area contributed by atoms with Crippen molar-refractivity contribution >= 4 is 28.5 Å². The third-order valence-corrected chi connectivity index (χ3v) is 7.17. The molecule has 4 aromatic rings. The Morgan fingerprint density at radius 3 is 2.62 bits per heavy atom. The van der Waals surface area contributed by atoms with E-state index < -0.39 is 0 Å². The van der Waals surface area contributed by atoms with E-state index in [1.807, 2.05) is 10.8 Å². The van der Waals surface area contributed by atoms with Gasteiger partial charge in [-0.25, -0.2) is 14.6 Å². The summed E-state index contributed by atoms with van der Waals surface area (Å²) in [5.41, 5.74) is 11.1. The van der Waals surface area contributed by atoms with E-state index in [2.05, 4.69) is 34.2 Å². The molecule has 6 rings (SSSR count). The molecule has 2 aliphatic carbocycles. The lowest BCUT2D eigenvalue weighted by Crippen LogP contribution is -2.08. The van der Waals surface area contributed by atoms with Crippen LogP contribution in [-0.4, -0.2) is 24.9 Å². The van der Waals surface area contributed by atoms with Gasteiger partial charge in [-0.1, -0.05) is 35.9 Å². The average molecular weight is 443 g/mol. The molecule has 0 bridgehead atoms. The maximum Gasteiger partial charge on any atom is 0.164 e. The molecule has 2 aromatic heterocycles. The van der Waals surface area contributed by atoms with Gasteiger partial charge >= 0.3 is 0 Å². The number of rotatable bonds is 3. The zero-order chi connectivity index (χ0) is 22.0. The van der Waals surface area contributed by atoms with Crippen LogP contribution in [0.15, 0.2) is 42.7 Å². The van der Waals surface area contributed by atoms with Gasteiger partial charge in [0.2, 0.25) is 0 Å². The highest BCUT2D eigenvalue weighted by atomic mass is 35.5. The van der Waals surface area contributed by atoms with Gasteiger partial charge < -0.3 is 10.8 Å². The highest BCUT2D eigenvalue weighted by molar-refractivity contribution is 6.33. The highest BCUT2D eigenvalue weighted by Gasteiger charge is 2.47. The van der Waals surface area contributed by atoms with E-state index in [1.165, 1.54) is 23.5 Å². The molecular formula is C24H19ClN6O. The summed E-state index contributed by atoms with van der Waals surface area (Å²) in [4.78, 5) is 8.64. The summed E-state index contributed by atoms with van der Waals surface area (Å²) >= 11 is 6.05. The Bertz CT molecular complexity index is 1410. The summed E-state index contributed by atoms with van der Waals surface area (Å²) in [6, 6.07) is 14.0. The van der Waals surface area contributed by atoms with Crippen molar-refractivity contribution in [3.8, 4) is 23.1 Å². The maximum atomic E-state index is 10.2. The number of phenolic OH excluding ortho intramolecular Hbond substituents is 1. The standard InChI is InChI=1S/C24H19ClN6O/c25-21-16(10-26)7-15(8-19(21)32)22-20-23(27)28-11-29-24(20)31(30-22)18-9-17(18)14-5-12-3-1-2-4-13(12)6-14/h1-4,7-8,11,14,17-18,32H,5-6,9H2,(H2,27,28,29). The Balaban J connectivity index is 1.41. The number of hydrogen-bond donors (Lipinski definition) is 2. The predicted octanol–water partition coefficient (Wildman–Crippen LogP) is 4.28. The molecular weight excluding hydrogens is 424 g/mol.